The van der Waals surface area contributed by atoms with Crippen molar-refractivity contribution in [3.05, 3.63) is 41.8 Å². The maximum atomic E-state index is 13.1. The van der Waals surface area contributed by atoms with Gasteiger partial charge < -0.3 is 19.0 Å². The quantitative estimate of drug-likeness (QED) is 0.787. The summed E-state index contributed by atoms with van der Waals surface area (Å²) >= 11 is 0. The minimum atomic E-state index is -0.595. The van der Waals surface area contributed by atoms with Crippen LogP contribution in [0, 0.1) is 0 Å². The van der Waals surface area contributed by atoms with Crippen molar-refractivity contribution >= 4 is 23.6 Å². The molecule has 1 atom stereocenters. The lowest BCUT2D eigenvalue weighted by Crippen LogP contribution is -2.51. The third-order valence-electron chi connectivity index (χ3n) is 5.23. The molecule has 1 spiro atoms. The van der Waals surface area contributed by atoms with Gasteiger partial charge in [0.2, 0.25) is 5.91 Å². The zero-order valence-electron chi connectivity index (χ0n) is 14.9. The van der Waals surface area contributed by atoms with E-state index in [1.165, 1.54) is 6.26 Å². The molecule has 2 aliphatic heterocycles. The van der Waals surface area contributed by atoms with E-state index >= 15 is 0 Å². The number of oxazole rings is 1. The number of rotatable bonds is 3. The average molecular weight is 355 g/mol. The Kier molecular flexibility index (Phi) is 3.94. The Balaban J connectivity index is 1.65. The van der Waals surface area contributed by atoms with Gasteiger partial charge in [0, 0.05) is 25.8 Å². The third kappa shape index (κ3) is 2.38. The minimum Gasteiger partial charge on any atom is -0.461 e. The SMILES string of the molecule is CCOC(=O)c1coc(N2CCCC3(C2)C(=O)N(C)c2ccccc23)n1. The molecule has 0 aliphatic carbocycles. The number of ether oxygens (including phenoxy) is 1. The van der Waals surface area contributed by atoms with Crippen LogP contribution in [0.15, 0.2) is 34.9 Å². The smallest absolute Gasteiger partial charge is 0.360 e. The van der Waals surface area contributed by atoms with E-state index in [4.69, 9.17) is 9.15 Å². The standard InChI is InChI=1S/C19H21N3O4/c1-3-25-16(23)14-11-26-18(20-14)22-10-6-9-19(12-22)13-7-4-5-8-15(13)21(2)17(19)24/h4-5,7-8,11H,3,6,9-10,12H2,1-2H3. The second-order valence-electron chi connectivity index (χ2n) is 6.72. The first kappa shape index (κ1) is 16.6. The van der Waals surface area contributed by atoms with E-state index < -0.39 is 11.4 Å². The molecule has 1 aromatic heterocycles. The number of carbonyl (C=O) groups excluding carboxylic acids is 2. The molecular formula is C19H21N3O4. The zero-order chi connectivity index (χ0) is 18.3. The highest BCUT2D eigenvalue weighted by Gasteiger charge is 2.52. The molecule has 7 heteroatoms. The highest BCUT2D eigenvalue weighted by Crippen LogP contribution is 2.46. The first-order chi connectivity index (χ1) is 12.6. The Bertz CT molecular complexity index is 862. The Labute approximate surface area is 151 Å². The van der Waals surface area contributed by atoms with Crippen LogP contribution in [0.5, 0.6) is 0 Å². The Hall–Kier alpha value is -2.83. The van der Waals surface area contributed by atoms with E-state index in [9.17, 15) is 9.59 Å². The van der Waals surface area contributed by atoms with Gasteiger partial charge in [-0.15, -0.1) is 0 Å². The second kappa shape index (κ2) is 6.16. The number of nitrogens with zero attached hydrogens (tertiary/aromatic N) is 3. The lowest BCUT2D eigenvalue weighted by Gasteiger charge is -2.38. The fraction of sp³-hybridized carbons (Fsp3) is 0.421. The molecule has 4 rings (SSSR count). The summed E-state index contributed by atoms with van der Waals surface area (Å²) in [5.74, 6) is -0.406. The number of carbonyl (C=O) groups is 2. The maximum Gasteiger partial charge on any atom is 0.360 e. The minimum absolute atomic E-state index is 0.0978. The molecule has 0 N–H and O–H groups in total. The number of anilines is 2. The monoisotopic (exact) mass is 355 g/mol. The number of para-hydroxylation sites is 1. The van der Waals surface area contributed by atoms with Crippen LogP contribution in [-0.2, 0) is 14.9 Å². The number of amides is 1. The van der Waals surface area contributed by atoms with Crippen molar-refractivity contribution in [3.63, 3.8) is 0 Å². The maximum absolute atomic E-state index is 13.1. The van der Waals surface area contributed by atoms with E-state index in [-0.39, 0.29) is 18.2 Å². The summed E-state index contributed by atoms with van der Waals surface area (Å²) in [6, 6.07) is 8.27. The second-order valence-corrected chi connectivity index (χ2v) is 6.72. The highest BCUT2D eigenvalue weighted by atomic mass is 16.5. The number of piperidine rings is 1. The Morgan fingerprint density at radius 3 is 3.00 bits per heavy atom. The van der Waals surface area contributed by atoms with E-state index in [0.717, 1.165) is 30.6 Å². The van der Waals surface area contributed by atoms with Gasteiger partial charge in [-0.2, -0.15) is 4.98 Å². The van der Waals surface area contributed by atoms with Gasteiger partial charge in [-0.25, -0.2) is 4.79 Å². The summed E-state index contributed by atoms with van der Waals surface area (Å²) in [5.41, 5.74) is 1.56. The van der Waals surface area contributed by atoms with Crippen LogP contribution in [0.2, 0.25) is 0 Å². The van der Waals surface area contributed by atoms with Gasteiger partial charge in [0.15, 0.2) is 5.69 Å². The molecule has 1 unspecified atom stereocenters. The van der Waals surface area contributed by atoms with Gasteiger partial charge in [0.25, 0.3) is 6.01 Å². The molecule has 26 heavy (non-hydrogen) atoms. The van der Waals surface area contributed by atoms with Gasteiger partial charge >= 0.3 is 5.97 Å². The van der Waals surface area contributed by atoms with Crippen molar-refractivity contribution in [2.45, 2.75) is 25.2 Å². The molecule has 0 bridgehead atoms. The molecule has 2 aliphatic rings. The normalized spacial score (nSPS) is 22.0. The first-order valence-corrected chi connectivity index (χ1v) is 8.82. The Morgan fingerprint density at radius 2 is 2.19 bits per heavy atom. The van der Waals surface area contributed by atoms with Gasteiger partial charge in [0.05, 0.1) is 12.0 Å². The number of hydrogen-bond donors (Lipinski definition) is 0. The largest absolute Gasteiger partial charge is 0.461 e. The number of likely N-dealkylation sites (N-methyl/N-ethyl adjacent to an activating group) is 1. The molecule has 0 radical (unpaired) electrons. The summed E-state index contributed by atoms with van der Waals surface area (Å²) in [4.78, 5) is 32.9. The van der Waals surface area contributed by atoms with E-state index in [1.54, 1.807) is 11.8 Å². The average Bonchev–Trinajstić information content (AvgIpc) is 3.23. The molecule has 1 amide bonds. The number of aromatic nitrogens is 1. The molecule has 0 saturated carbocycles. The molecule has 1 aromatic carbocycles. The van der Waals surface area contributed by atoms with Crippen LogP contribution in [0.4, 0.5) is 11.7 Å². The zero-order valence-corrected chi connectivity index (χ0v) is 14.9. The summed E-state index contributed by atoms with van der Waals surface area (Å²) in [6.45, 7) is 3.23. The van der Waals surface area contributed by atoms with Crippen LogP contribution in [0.3, 0.4) is 0 Å². The van der Waals surface area contributed by atoms with Gasteiger partial charge in [-0.1, -0.05) is 18.2 Å². The fourth-order valence-electron chi connectivity index (χ4n) is 4.04. The first-order valence-electron chi connectivity index (χ1n) is 8.82. The van der Waals surface area contributed by atoms with Crippen molar-refractivity contribution in [2.24, 2.45) is 0 Å². The predicted octanol–water partition coefficient (Wildman–Crippen LogP) is 2.37. The summed E-state index contributed by atoms with van der Waals surface area (Å²) in [6.07, 6.45) is 2.94. The van der Waals surface area contributed by atoms with Crippen molar-refractivity contribution < 1.29 is 18.7 Å². The predicted molar refractivity (Wildman–Crippen MR) is 95.4 cm³/mol. The van der Waals surface area contributed by atoms with Crippen molar-refractivity contribution in [3.8, 4) is 0 Å². The van der Waals surface area contributed by atoms with Crippen molar-refractivity contribution in [2.75, 3.05) is 36.5 Å². The Morgan fingerprint density at radius 1 is 1.38 bits per heavy atom. The summed E-state index contributed by atoms with van der Waals surface area (Å²) in [5, 5.41) is 0. The number of benzene rings is 1. The molecule has 136 valence electrons. The van der Waals surface area contributed by atoms with Gasteiger partial charge in [-0.3, -0.25) is 4.79 Å². The highest BCUT2D eigenvalue weighted by molar-refractivity contribution is 6.08. The van der Waals surface area contributed by atoms with Gasteiger partial charge in [0.1, 0.15) is 6.26 Å². The molecular weight excluding hydrogens is 334 g/mol. The third-order valence-corrected chi connectivity index (χ3v) is 5.23. The molecule has 1 fully saturated rings. The lowest BCUT2D eigenvalue weighted by atomic mass is 9.75. The molecule has 7 nitrogen and oxygen atoms in total. The lowest BCUT2D eigenvalue weighted by molar-refractivity contribution is -0.123. The van der Waals surface area contributed by atoms with Crippen LogP contribution in [0.25, 0.3) is 0 Å². The van der Waals surface area contributed by atoms with Crippen LogP contribution in [-0.4, -0.2) is 43.6 Å². The molecule has 2 aromatic rings. The summed E-state index contributed by atoms with van der Waals surface area (Å²) < 4.78 is 10.5. The van der Waals surface area contributed by atoms with Crippen molar-refractivity contribution in [1.29, 1.82) is 0 Å². The van der Waals surface area contributed by atoms with E-state index in [1.807, 2.05) is 36.2 Å². The van der Waals surface area contributed by atoms with E-state index in [0.29, 0.717) is 12.6 Å². The topological polar surface area (TPSA) is 75.9 Å². The molecule has 3 heterocycles. The van der Waals surface area contributed by atoms with Crippen LogP contribution in [0.1, 0.15) is 35.8 Å². The fourth-order valence-corrected chi connectivity index (χ4v) is 4.04. The van der Waals surface area contributed by atoms with Gasteiger partial charge in [-0.05, 0) is 31.4 Å². The van der Waals surface area contributed by atoms with E-state index in [2.05, 4.69) is 4.98 Å². The van der Waals surface area contributed by atoms with Crippen LogP contribution >= 0.6 is 0 Å². The number of esters is 1. The van der Waals surface area contributed by atoms with Crippen molar-refractivity contribution in [1.82, 2.24) is 4.98 Å². The number of hydrogen-bond acceptors (Lipinski definition) is 6. The number of fused-ring (bicyclic) bond motifs is 2. The summed E-state index contributed by atoms with van der Waals surface area (Å²) in [7, 11) is 1.82. The molecule has 1 saturated heterocycles. The van der Waals surface area contributed by atoms with Crippen LogP contribution < -0.4 is 9.80 Å².